The largest absolute Gasteiger partial charge is 0.481 e. The zero-order valence-electron chi connectivity index (χ0n) is 9.81. The van der Waals surface area contributed by atoms with Crippen LogP contribution in [0.2, 0.25) is 0 Å². The van der Waals surface area contributed by atoms with Gasteiger partial charge in [0, 0.05) is 18.6 Å². The molecule has 1 aromatic heterocycles. The lowest BCUT2D eigenvalue weighted by atomic mass is 10.2. The van der Waals surface area contributed by atoms with Crippen molar-refractivity contribution >= 4 is 16.5 Å². The van der Waals surface area contributed by atoms with Crippen molar-refractivity contribution in [3.8, 4) is 5.75 Å². The fraction of sp³-hybridized carbons (Fsp3) is 0.200. The molecule has 0 saturated heterocycles. The fourth-order valence-electron chi connectivity index (χ4n) is 1.34. The van der Waals surface area contributed by atoms with E-state index in [4.69, 9.17) is 0 Å². The molecule has 0 bridgehead atoms. The Morgan fingerprint density at radius 1 is 1.00 bits per heavy atom. The quantitative estimate of drug-likeness (QED) is 0.536. The number of rotatable bonds is 4. The minimum Gasteiger partial charge on any atom is -0.481 e. The third kappa shape index (κ3) is 2.38. The number of halogens is 5. The number of benzene rings is 1. The number of ether oxygens (including phenoxy) is 1. The summed E-state index contributed by atoms with van der Waals surface area (Å²) in [4.78, 5) is 0. The normalized spacial score (nSPS) is 10.7. The van der Waals surface area contributed by atoms with Crippen LogP contribution in [0.1, 0.15) is 5.69 Å². The van der Waals surface area contributed by atoms with Crippen molar-refractivity contribution in [2.24, 2.45) is 0 Å². The first-order valence-corrected chi connectivity index (χ1v) is 5.87. The predicted molar refractivity (Wildman–Crippen MR) is 60.0 cm³/mol. The van der Waals surface area contributed by atoms with Crippen LogP contribution in [0.25, 0.3) is 0 Å². The second-order valence-electron chi connectivity index (χ2n) is 3.49. The van der Waals surface area contributed by atoms with E-state index in [2.05, 4.69) is 19.6 Å². The van der Waals surface area contributed by atoms with Crippen LogP contribution in [0.3, 0.4) is 0 Å². The molecule has 10 heteroatoms. The van der Waals surface area contributed by atoms with Crippen LogP contribution in [-0.4, -0.2) is 16.6 Å². The SMILES string of the molecule is CNc1snnc1COc1c(F)c(F)c(F)c(F)c1F. The van der Waals surface area contributed by atoms with E-state index >= 15 is 0 Å². The van der Waals surface area contributed by atoms with Gasteiger partial charge in [-0.05, 0) is 0 Å². The van der Waals surface area contributed by atoms with Crippen LogP contribution in [0.4, 0.5) is 27.0 Å². The van der Waals surface area contributed by atoms with E-state index in [1.807, 2.05) is 0 Å². The van der Waals surface area contributed by atoms with Gasteiger partial charge in [0.2, 0.25) is 29.1 Å². The monoisotopic (exact) mass is 311 g/mol. The lowest BCUT2D eigenvalue weighted by molar-refractivity contribution is 0.250. The predicted octanol–water partition coefficient (Wildman–Crippen LogP) is 2.85. The van der Waals surface area contributed by atoms with Gasteiger partial charge in [0.25, 0.3) is 0 Å². The highest BCUT2D eigenvalue weighted by atomic mass is 32.1. The van der Waals surface area contributed by atoms with Crippen molar-refractivity contribution in [3.63, 3.8) is 0 Å². The summed E-state index contributed by atoms with van der Waals surface area (Å²) in [5.74, 6) is -11.8. The Morgan fingerprint density at radius 2 is 1.55 bits per heavy atom. The number of hydrogen-bond donors (Lipinski definition) is 1. The van der Waals surface area contributed by atoms with Gasteiger partial charge in [-0.3, -0.25) is 0 Å². The zero-order chi connectivity index (χ0) is 14.9. The first-order valence-electron chi connectivity index (χ1n) is 5.10. The average molecular weight is 311 g/mol. The molecule has 0 spiro atoms. The summed E-state index contributed by atoms with van der Waals surface area (Å²) >= 11 is 0.954. The molecule has 1 N–H and O–H groups in total. The maximum absolute atomic E-state index is 13.3. The Hall–Kier alpha value is -1.97. The third-order valence-corrected chi connectivity index (χ3v) is 3.09. The lowest BCUT2D eigenvalue weighted by Gasteiger charge is -2.09. The highest BCUT2D eigenvalue weighted by Crippen LogP contribution is 2.30. The number of hydrogen-bond acceptors (Lipinski definition) is 5. The van der Waals surface area contributed by atoms with Crippen molar-refractivity contribution in [2.45, 2.75) is 6.61 Å². The van der Waals surface area contributed by atoms with Crippen molar-refractivity contribution in [1.29, 1.82) is 0 Å². The fourth-order valence-corrected chi connectivity index (χ4v) is 1.86. The standard InChI is InChI=1S/C10H6F5N3OS/c1-16-10-3(17-18-20-10)2-19-9-7(14)5(12)4(11)6(13)8(9)15/h16H,2H2,1H3. The van der Waals surface area contributed by atoms with Crippen LogP contribution in [0.15, 0.2) is 0 Å². The molecule has 0 unspecified atom stereocenters. The molecular weight excluding hydrogens is 305 g/mol. The van der Waals surface area contributed by atoms with E-state index in [-0.39, 0.29) is 5.69 Å². The average Bonchev–Trinajstić information content (AvgIpc) is 2.90. The highest BCUT2D eigenvalue weighted by Gasteiger charge is 2.27. The van der Waals surface area contributed by atoms with Crippen molar-refractivity contribution in [1.82, 2.24) is 9.59 Å². The Bertz CT molecular complexity index is 619. The van der Waals surface area contributed by atoms with E-state index < -0.39 is 41.4 Å². The Balaban J connectivity index is 2.31. The van der Waals surface area contributed by atoms with Crippen molar-refractivity contribution < 1.29 is 26.7 Å². The van der Waals surface area contributed by atoms with Crippen molar-refractivity contribution in [2.75, 3.05) is 12.4 Å². The van der Waals surface area contributed by atoms with Crippen LogP contribution < -0.4 is 10.1 Å². The van der Waals surface area contributed by atoms with Gasteiger partial charge < -0.3 is 10.1 Å². The molecule has 108 valence electrons. The molecule has 0 aliphatic carbocycles. The summed E-state index contributed by atoms with van der Waals surface area (Å²) in [6.45, 7) is -0.495. The van der Waals surface area contributed by atoms with Crippen LogP contribution >= 0.6 is 11.5 Å². The van der Waals surface area contributed by atoms with Gasteiger partial charge in [0.15, 0.2) is 5.75 Å². The van der Waals surface area contributed by atoms with E-state index in [1.54, 1.807) is 7.05 Å². The molecule has 20 heavy (non-hydrogen) atoms. The Labute approximate surface area is 113 Å². The van der Waals surface area contributed by atoms with Gasteiger partial charge in [-0.2, -0.15) is 8.78 Å². The molecule has 2 aromatic rings. The summed E-state index contributed by atoms with van der Waals surface area (Å²) in [7, 11) is 1.55. The summed E-state index contributed by atoms with van der Waals surface area (Å²) < 4.78 is 73.5. The summed E-state index contributed by atoms with van der Waals surface area (Å²) in [5, 5.41) is 6.74. The summed E-state index contributed by atoms with van der Waals surface area (Å²) in [5.41, 5.74) is 0.182. The lowest BCUT2D eigenvalue weighted by Crippen LogP contribution is -2.08. The summed E-state index contributed by atoms with van der Waals surface area (Å²) in [6, 6.07) is 0. The maximum Gasteiger partial charge on any atom is 0.207 e. The second-order valence-corrected chi connectivity index (χ2v) is 4.24. The summed E-state index contributed by atoms with van der Waals surface area (Å²) in [6.07, 6.45) is 0. The van der Waals surface area contributed by atoms with Crippen LogP contribution in [0.5, 0.6) is 5.75 Å². The third-order valence-electron chi connectivity index (χ3n) is 2.31. The van der Waals surface area contributed by atoms with Gasteiger partial charge in [0.1, 0.15) is 17.3 Å². The minimum absolute atomic E-state index is 0.182. The van der Waals surface area contributed by atoms with E-state index in [0.717, 1.165) is 11.5 Å². The van der Waals surface area contributed by atoms with Gasteiger partial charge >= 0.3 is 0 Å². The first kappa shape index (κ1) is 14.4. The van der Waals surface area contributed by atoms with Crippen LogP contribution in [-0.2, 0) is 6.61 Å². The number of nitrogens with one attached hydrogen (secondary N) is 1. The molecule has 0 fully saturated rings. The van der Waals surface area contributed by atoms with E-state index in [9.17, 15) is 22.0 Å². The molecule has 0 saturated carbocycles. The Morgan fingerprint density at radius 3 is 2.10 bits per heavy atom. The topological polar surface area (TPSA) is 47.0 Å². The van der Waals surface area contributed by atoms with E-state index in [1.165, 1.54) is 0 Å². The second kappa shape index (κ2) is 5.57. The number of nitrogens with zero attached hydrogens (tertiary/aromatic N) is 2. The molecule has 0 amide bonds. The molecule has 2 rings (SSSR count). The molecule has 1 aromatic carbocycles. The van der Waals surface area contributed by atoms with Gasteiger partial charge in [-0.25, -0.2) is 13.2 Å². The smallest absolute Gasteiger partial charge is 0.207 e. The highest BCUT2D eigenvalue weighted by molar-refractivity contribution is 7.10. The van der Waals surface area contributed by atoms with E-state index in [0.29, 0.717) is 5.00 Å². The zero-order valence-corrected chi connectivity index (χ0v) is 10.6. The molecule has 4 nitrogen and oxygen atoms in total. The van der Waals surface area contributed by atoms with Gasteiger partial charge in [-0.1, -0.05) is 4.49 Å². The van der Waals surface area contributed by atoms with Crippen LogP contribution in [0, 0.1) is 29.1 Å². The Kier molecular flexibility index (Phi) is 4.02. The molecular formula is C10H6F5N3OS. The van der Waals surface area contributed by atoms with Gasteiger partial charge in [-0.15, -0.1) is 5.10 Å². The molecule has 0 aliphatic heterocycles. The molecule has 0 aliphatic rings. The maximum atomic E-state index is 13.3. The number of anilines is 1. The molecule has 0 atom stereocenters. The number of aromatic nitrogens is 2. The van der Waals surface area contributed by atoms with Gasteiger partial charge in [0.05, 0.1) is 0 Å². The van der Waals surface area contributed by atoms with Crippen molar-refractivity contribution in [3.05, 3.63) is 34.8 Å². The molecule has 0 radical (unpaired) electrons. The first-order chi connectivity index (χ1) is 9.47. The molecule has 1 heterocycles. The minimum atomic E-state index is -2.24.